The SMILES string of the molecule is CC1N=CC(CO[Se]C(C)(C)C)=C(C=O)C1O. The van der Waals surface area contributed by atoms with Crippen LogP contribution in [0.4, 0.5) is 0 Å². The van der Waals surface area contributed by atoms with Gasteiger partial charge in [-0.1, -0.05) is 0 Å². The minimum absolute atomic E-state index is 0.0375. The molecule has 1 aliphatic heterocycles. The Morgan fingerprint density at radius 1 is 1.59 bits per heavy atom. The first-order chi connectivity index (χ1) is 7.85. The van der Waals surface area contributed by atoms with Gasteiger partial charge in [0.2, 0.25) is 0 Å². The molecule has 2 unspecified atom stereocenters. The van der Waals surface area contributed by atoms with Crippen LogP contribution in [0.15, 0.2) is 16.1 Å². The Bertz CT molecular complexity index is 344. The van der Waals surface area contributed by atoms with Crippen LogP contribution in [0.25, 0.3) is 0 Å². The fraction of sp³-hybridized carbons (Fsp3) is 0.667. The molecule has 0 radical (unpaired) electrons. The van der Waals surface area contributed by atoms with Crippen molar-refractivity contribution in [1.82, 2.24) is 0 Å². The first kappa shape index (κ1) is 14.6. The van der Waals surface area contributed by atoms with Crippen LogP contribution >= 0.6 is 0 Å². The van der Waals surface area contributed by atoms with Crippen molar-refractivity contribution in [3.05, 3.63) is 11.1 Å². The molecule has 96 valence electrons. The summed E-state index contributed by atoms with van der Waals surface area (Å²) in [5, 5.41) is 9.81. The van der Waals surface area contributed by atoms with E-state index in [4.69, 9.17) is 3.82 Å². The van der Waals surface area contributed by atoms with Gasteiger partial charge in [0.05, 0.1) is 0 Å². The number of nitrogens with zero attached hydrogens (tertiary/aromatic N) is 1. The number of hydrogen-bond acceptors (Lipinski definition) is 4. The number of aliphatic hydroxyl groups excluding tert-OH is 1. The van der Waals surface area contributed by atoms with E-state index in [1.807, 2.05) is 0 Å². The van der Waals surface area contributed by atoms with E-state index in [2.05, 4.69) is 25.8 Å². The van der Waals surface area contributed by atoms with Gasteiger partial charge in [-0.3, -0.25) is 0 Å². The molecule has 0 aromatic carbocycles. The number of carbonyl (C=O) groups excluding carboxylic acids is 1. The van der Waals surface area contributed by atoms with Gasteiger partial charge in [0.15, 0.2) is 0 Å². The van der Waals surface area contributed by atoms with Gasteiger partial charge in [0, 0.05) is 0 Å². The quantitative estimate of drug-likeness (QED) is 0.626. The monoisotopic (exact) mass is 305 g/mol. The van der Waals surface area contributed by atoms with Gasteiger partial charge in [0.25, 0.3) is 0 Å². The maximum atomic E-state index is 11.0. The molecule has 0 aromatic rings. The number of aliphatic hydroxyl groups is 1. The maximum absolute atomic E-state index is 11.0. The van der Waals surface area contributed by atoms with Crippen LogP contribution in [0, 0.1) is 0 Å². The van der Waals surface area contributed by atoms with Gasteiger partial charge in [-0.2, -0.15) is 0 Å². The summed E-state index contributed by atoms with van der Waals surface area (Å²) < 4.78 is 5.74. The van der Waals surface area contributed by atoms with Crippen LogP contribution in [-0.2, 0) is 8.61 Å². The number of dihydropyridines is 1. The van der Waals surface area contributed by atoms with Gasteiger partial charge in [0.1, 0.15) is 0 Å². The van der Waals surface area contributed by atoms with Crippen LogP contribution < -0.4 is 0 Å². The third-order valence-electron chi connectivity index (χ3n) is 2.26. The molecule has 4 nitrogen and oxygen atoms in total. The summed E-state index contributed by atoms with van der Waals surface area (Å²) in [6, 6.07) is -0.257. The molecule has 0 saturated heterocycles. The van der Waals surface area contributed by atoms with Crippen molar-refractivity contribution in [2.45, 2.75) is 44.2 Å². The normalized spacial score (nSPS) is 25.2. The molecule has 0 amide bonds. The summed E-state index contributed by atoms with van der Waals surface area (Å²) in [5.41, 5.74) is 1.09. The van der Waals surface area contributed by atoms with Crippen molar-refractivity contribution in [2.24, 2.45) is 4.99 Å². The molecule has 0 spiro atoms. The van der Waals surface area contributed by atoms with Crippen molar-refractivity contribution >= 4 is 27.8 Å². The molecule has 0 saturated carbocycles. The fourth-order valence-electron chi connectivity index (χ4n) is 1.35. The van der Waals surface area contributed by atoms with Crippen LogP contribution in [0.2, 0.25) is 4.31 Å². The number of aliphatic imine (C=N–C) groups is 1. The molecule has 17 heavy (non-hydrogen) atoms. The summed E-state index contributed by atoms with van der Waals surface area (Å²) in [6.45, 7) is 8.44. The Kier molecular flexibility index (Phi) is 5.07. The van der Waals surface area contributed by atoms with E-state index in [1.165, 1.54) is 0 Å². The van der Waals surface area contributed by atoms with Crippen LogP contribution in [0.1, 0.15) is 27.7 Å². The second-order valence-electron chi connectivity index (χ2n) is 5.02. The predicted octanol–water partition coefficient (Wildman–Crippen LogP) is 1.17. The zero-order valence-electron chi connectivity index (χ0n) is 10.6. The molecule has 1 rings (SSSR count). The second kappa shape index (κ2) is 5.91. The summed E-state index contributed by atoms with van der Waals surface area (Å²) in [5.74, 6) is 0. The Balaban J connectivity index is 2.65. The molecule has 5 heteroatoms. The first-order valence-electron chi connectivity index (χ1n) is 5.55. The molecule has 0 aliphatic carbocycles. The van der Waals surface area contributed by atoms with Gasteiger partial charge in [-0.15, -0.1) is 0 Å². The third kappa shape index (κ3) is 4.36. The number of rotatable bonds is 4. The molecule has 0 bridgehead atoms. The van der Waals surface area contributed by atoms with E-state index >= 15 is 0 Å². The topological polar surface area (TPSA) is 58.9 Å². The van der Waals surface area contributed by atoms with Crippen molar-refractivity contribution < 1.29 is 13.7 Å². The van der Waals surface area contributed by atoms with Gasteiger partial charge in [-0.25, -0.2) is 0 Å². The molecule has 1 aliphatic rings. The average molecular weight is 304 g/mol. The van der Waals surface area contributed by atoms with Crippen LogP contribution in [-0.4, -0.2) is 51.6 Å². The van der Waals surface area contributed by atoms with E-state index in [0.29, 0.717) is 24.0 Å². The Morgan fingerprint density at radius 2 is 2.24 bits per heavy atom. The minimum atomic E-state index is -0.807. The predicted molar refractivity (Wildman–Crippen MR) is 68.5 cm³/mol. The fourth-order valence-corrected chi connectivity index (χ4v) is 2.48. The van der Waals surface area contributed by atoms with E-state index in [0.717, 1.165) is 0 Å². The molecule has 0 fully saturated rings. The van der Waals surface area contributed by atoms with Crippen molar-refractivity contribution in [1.29, 1.82) is 0 Å². The summed E-state index contributed by atoms with van der Waals surface area (Å²) in [6.07, 6.45) is 1.54. The van der Waals surface area contributed by atoms with Crippen molar-refractivity contribution in [3.63, 3.8) is 0 Å². The molecule has 1 N–H and O–H groups in total. The molecule has 0 aromatic heterocycles. The van der Waals surface area contributed by atoms with E-state index in [1.54, 1.807) is 13.1 Å². The van der Waals surface area contributed by atoms with Crippen LogP contribution in [0.5, 0.6) is 0 Å². The van der Waals surface area contributed by atoms with Crippen molar-refractivity contribution in [3.8, 4) is 0 Å². The Hall–Kier alpha value is -0.481. The van der Waals surface area contributed by atoms with Gasteiger partial charge in [-0.05, 0) is 0 Å². The summed E-state index contributed by atoms with van der Waals surface area (Å²) in [4.78, 5) is 15.1. The second-order valence-corrected chi connectivity index (χ2v) is 8.43. The number of hydrogen-bond donors (Lipinski definition) is 1. The zero-order chi connectivity index (χ0) is 13.1. The summed E-state index contributed by atoms with van der Waals surface area (Å²) in [7, 11) is 0. The van der Waals surface area contributed by atoms with Crippen LogP contribution in [0.3, 0.4) is 0 Å². The molecule has 1 heterocycles. The van der Waals surface area contributed by atoms with E-state index < -0.39 is 6.10 Å². The van der Waals surface area contributed by atoms with Gasteiger partial charge < -0.3 is 0 Å². The number of aldehydes is 1. The van der Waals surface area contributed by atoms with Gasteiger partial charge >= 0.3 is 108 Å². The molecular weight excluding hydrogens is 285 g/mol. The molecule has 2 atom stereocenters. The molecular formula is C12H19NO3Se. The Labute approximate surface area is 109 Å². The Morgan fingerprint density at radius 3 is 2.76 bits per heavy atom. The average Bonchev–Trinajstić information content (AvgIpc) is 2.22. The number of carbonyl (C=O) groups is 1. The standard InChI is InChI=1S/C12H19NO3Se/c1-8-11(15)10(6-14)9(5-13-8)7-16-17-12(2,3)4/h5-6,8,11,15H,7H2,1-4H3. The van der Waals surface area contributed by atoms with E-state index in [-0.39, 0.29) is 25.6 Å². The zero-order valence-corrected chi connectivity index (χ0v) is 12.3. The summed E-state index contributed by atoms with van der Waals surface area (Å²) >= 11 is 0.0375. The third-order valence-corrected chi connectivity index (χ3v) is 3.81. The van der Waals surface area contributed by atoms with Crippen molar-refractivity contribution in [2.75, 3.05) is 6.61 Å². The van der Waals surface area contributed by atoms with E-state index in [9.17, 15) is 9.90 Å². The first-order valence-corrected chi connectivity index (χ1v) is 7.11.